The first kappa shape index (κ1) is 9.31. The highest BCUT2D eigenvalue weighted by molar-refractivity contribution is 5.54. The van der Waals surface area contributed by atoms with Crippen molar-refractivity contribution < 1.29 is 0 Å². The number of rotatable bonds is 1. The van der Waals surface area contributed by atoms with Crippen molar-refractivity contribution in [2.45, 2.75) is 25.3 Å². The number of nitrogens with zero attached hydrogens (tertiary/aromatic N) is 4. The maximum absolute atomic E-state index is 8.48. The van der Waals surface area contributed by atoms with Crippen LogP contribution in [0, 0.1) is 0 Å². The van der Waals surface area contributed by atoms with Gasteiger partial charge in [0.2, 0.25) is 0 Å². The molecule has 4 heteroatoms. The zero-order chi connectivity index (χ0) is 11.0. The molecule has 0 bridgehead atoms. The number of pyridine rings is 1. The molecule has 1 atom stereocenters. The molecule has 1 aliphatic carbocycles. The molecule has 16 heavy (non-hydrogen) atoms. The summed E-state index contributed by atoms with van der Waals surface area (Å²) in [6, 6.07) is 8.55. The summed E-state index contributed by atoms with van der Waals surface area (Å²) in [4.78, 5) is 2.91. The quantitative estimate of drug-likeness (QED) is 0.396. The molecule has 0 aromatic carbocycles. The van der Waals surface area contributed by atoms with Crippen molar-refractivity contribution >= 4 is 5.52 Å². The van der Waals surface area contributed by atoms with E-state index < -0.39 is 0 Å². The number of hydrogen-bond acceptors (Lipinski definition) is 1. The highest BCUT2D eigenvalue weighted by Gasteiger charge is 2.20. The fraction of sp³-hybridized carbons (Fsp3) is 0.333. The van der Waals surface area contributed by atoms with Gasteiger partial charge in [-0.2, -0.15) is 0 Å². The molecule has 0 aliphatic heterocycles. The molecular formula is C12H12N4. The predicted molar refractivity (Wildman–Crippen MR) is 62.4 cm³/mol. The van der Waals surface area contributed by atoms with Gasteiger partial charge in [0.1, 0.15) is 0 Å². The van der Waals surface area contributed by atoms with Crippen LogP contribution in [0.4, 0.5) is 0 Å². The third-order valence-electron chi connectivity index (χ3n) is 3.27. The normalized spacial score (nSPS) is 19.1. The highest BCUT2D eigenvalue weighted by atomic mass is 15.1. The Kier molecular flexibility index (Phi) is 2.08. The second kappa shape index (κ2) is 3.58. The Morgan fingerprint density at radius 1 is 1.44 bits per heavy atom. The first-order chi connectivity index (χ1) is 7.88. The van der Waals surface area contributed by atoms with Crippen molar-refractivity contribution in [1.82, 2.24) is 4.40 Å². The predicted octanol–water partition coefficient (Wildman–Crippen LogP) is 3.11. The Labute approximate surface area is 93.1 Å². The fourth-order valence-electron chi connectivity index (χ4n) is 2.50. The van der Waals surface area contributed by atoms with Crippen molar-refractivity contribution in [3.05, 3.63) is 52.2 Å². The lowest BCUT2D eigenvalue weighted by molar-refractivity contribution is 0.563. The summed E-state index contributed by atoms with van der Waals surface area (Å²) in [6.07, 6.45) is 4.92. The number of fused-ring (bicyclic) bond motifs is 3. The van der Waals surface area contributed by atoms with Crippen LogP contribution in [0.3, 0.4) is 0 Å². The lowest BCUT2D eigenvalue weighted by atomic mass is 9.94. The second-order valence-corrected chi connectivity index (χ2v) is 4.21. The van der Waals surface area contributed by atoms with Crippen molar-refractivity contribution in [3.8, 4) is 0 Å². The molecule has 0 spiro atoms. The van der Waals surface area contributed by atoms with E-state index in [2.05, 4.69) is 32.8 Å². The van der Waals surface area contributed by atoms with Gasteiger partial charge in [-0.15, -0.1) is 0 Å². The van der Waals surface area contributed by atoms with E-state index in [4.69, 9.17) is 5.53 Å². The molecule has 3 rings (SSSR count). The van der Waals surface area contributed by atoms with Crippen molar-refractivity contribution in [1.29, 1.82) is 0 Å². The Balaban J connectivity index is 2.11. The average molecular weight is 212 g/mol. The Morgan fingerprint density at radius 3 is 3.25 bits per heavy atom. The van der Waals surface area contributed by atoms with Gasteiger partial charge in [-0.05, 0) is 48.6 Å². The molecule has 0 N–H and O–H groups in total. The maximum Gasteiger partial charge on any atom is 0.0455 e. The molecule has 1 unspecified atom stereocenters. The summed E-state index contributed by atoms with van der Waals surface area (Å²) in [6.45, 7) is 0. The Bertz CT molecular complexity index is 578. The lowest BCUT2D eigenvalue weighted by Crippen LogP contribution is -2.17. The summed E-state index contributed by atoms with van der Waals surface area (Å²) >= 11 is 0. The first-order valence-electron chi connectivity index (χ1n) is 5.50. The van der Waals surface area contributed by atoms with Crippen molar-refractivity contribution in [3.63, 3.8) is 0 Å². The summed E-state index contributed by atoms with van der Waals surface area (Å²) in [5.41, 5.74) is 12.4. The van der Waals surface area contributed by atoms with Gasteiger partial charge in [-0.25, -0.2) is 0 Å². The van der Waals surface area contributed by atoms with Crippen LogP contribution in [0.5, 0.6) is 0 Å². The topological polar surface area (TPSA) is 53.2 Å². The van der Waals surface area contributed by atoms with E-state index in [-0.39, 0.29) is 6.04 Å². The molecule has 0 amide bonds. The second-order valence-electron chi connectivity index (χ2n) is 4.21. The number of hydrogen-bond donors (Lipinski definition) is 0. The van der Waals surface area contributed by atoms with E-state index in [0.29, 0.717) is 0 Å². The lowest BCUT2D eigenvalue weighted by Gasteiger charge is -2.18. The van der Waals surface area contributed by atoms with E-state index in [1.165, 1.54) is 16.8 Å². The van der Waals surface area contributed by atoms with Crippen LogP contribution in [-0.2, 0) is 12.8 Å². The van der Waals surface area contributed by atoms with Crippen LogP contribution in [0.1, 0.15) is 17.7 Å². The van der Waals surface area contributed by atoms with E-state index in [1.54, 1.807) is 0 Å². The molecule has 2 aromatic heterocycles. The fourth-order valence-corrected chi connectivity index (χ4v) is 2.50. The zero-order valence-electron chi connectivity index (χ0n) is 8.87. The van der Waals surface area contributed by atoms with Gasteiger partial charge < -0.3 is 4.40 Å². The molecule has 0 saturated heterocycles. The van der Waals surface area contributed by atoms with Gasteiger partial charge >= 0.3 is 0 Å². The maximum atomic E-state index is 8.48. The van der Waals surface area contributed by atoms with Crippen LogP contribution in [0.15, 0.2) is 35.6 Å². The molecule has 2 heterocycles. The standard InChI is InChI=1S/C12H12N4/c13-15-14-10-5-4-9-7-11-3-1-2-6-16(11)12(9)8-10/h1-3,6-7,10H,4-5,8H2. The first-order valence-corrected chi connectivity index (χ1v) is 5.50. The van der Waals surface area contributed by atoms with E-state index in [1.807, 2.05) is 12.1 Å². The molecule has 1 aliphatic rings. The van der Waals surface area contributed by atoms with Crippen molar-refractivity contribution in [2.24, 2.45) is 5.11 Å². The molecule has 0 fully saturated rings. The summed E-state index contributed by atoms with van der Waals surface area (Å²) in [5, 5.41) is 3.84. The molecule has 80 valence electrons. The Hall–Kier alpha value is -1.93. The average Bonchev–Trinajstić information content (AvgIpc) is 2.68. The minimum Gasteiger partial charge on any atom is -0.321 e. The van der Waals surface area contributed by atoms with E-state index in [0.717, 1.165) is 19.3 Å². The van der Waals surface area contributed by atoms with Gasteiger partial charge in [0.05, 0.1) is 0 Å². The van der Waals surface area contributed by atoms with E-state index in [9.17, 15) is 0 Å². The molecule has 0 radical (unpaired) electrons. The molecule has 2 aromatic rings. The minimum atomic E-state index is 0.121. The van der Waals surface area contributed by atoms with Crippen LogP contribution in [-0.4, -0.2) is 10.4 Å². The SMILES string of the molecule is [N-]=[N+]=NC1CCc2cc3ccccn3c2C1. The van der Waals surface area contributed by atoms with Crippen LogP contribution < -0.4 is 0 Å². The minimum absolute atomic E-state index is 0.121. The van der Waals surface area contributed by atoms with E-state index >= 15 is 0 Å². The smallest absolute Gasteiger partial charge is 0.0455 e. The third kappa shape index (κ3) is 1.35. The number of azide groups is 1. The largest absolute Gasteiger partial charge is 0.321 e. The van der Waals surface area contributed by atoms with Gasteiger partial charge in [-0.1, -0.05) is 11.2 Å². The summed E-state index contributed by atoms with van der Waals surface area (Å²) < 4.78 is 2.20. The monoisotopic (exact) mass is 212 g/mol. The molecule has 4 nitrogen and oxygen atoms in total. The van der Waals surface area contributed by atoms with Crippen LogP contribution in [0.25, 0.3) is 16.0 Å². The van der Waals surface area contributed by atoms with Gasteiger partial charge in [0.25, 0.3) is 0 Å². The van der Waals surface area contributed by atoms with Gasteiger partial charge in [0.15, 0.2) is 0 Å². The summed E-state index contributed by atoms with van der Waals surface area (Å²) in [5.74, 6) is 0. The van der Waals surface area contributed by atoms with Crippen molar-refractivity contribution in [2.75, 3.05) is 0 Å². The highest BCUT2D eigenvalue weighted by Crippen LogP contribution is 2.26. The number of aryl methyl sites for hydroxylation is 1. The summed E-state index contributed by atoms with van der Waals surface area (Å²) in [7, 11) is 0. The molecule has 0 saturated carbocycles. The zero-order valence-corrected chi connectivity index (χ0v) is 8.87. The van der Waals surface area contributed by atoms with Gasteiger partial charge in [-0.3, -0.25) is 0 Å². The van der Waals surface area contributed by atoms with Crippen LogP contribution >= 0.6 is 0 Å². The van der Waals surface area contributed by atoms with Gasteiger partial charge in [0, 0.05) is 28.4 Å². The number of aromatic nitrogens is 1. The Morgan fingerprint density at radius 2 is 2.38 bits per heavy atom. The third-order valence-corrected chi connectivity index (χ3v) is 3.27. The van der Waals surface area contributed by atoms with Crippen LogP contribution in [0.2, 0.25) is 0 Å². The molecular weight excluding hydrogens is 200 g/mol.